The number of esters is 1. The van der Waals surface area contributed by atoms with E-state index in [4.69, 9.17) is 37.4 Å². The number of ether oxygens (including phenoxy) is 3. The Morgan fingerprint density at radius 1 is 0.944 bits per heavy atom. The number of benzene rings is 3. The van der Waals surface area contributed by atoms with E-state index in [-0.39, 0.29) is 23.6 Å². The van der Waals surface area contributed by atoms with Crippen LogP contribution in [0.4, 0.5) is 0 Å². The van der Waals surface area contributed by atoms with Crippen LogP contribution in [0.15, 0.2) is 71.4 Å². The normalized spacial score (nSPS) is 14.6. The Hall–Kier alpha value is -3.28. The Balaban J connectivity index is 1.56. The molecule has 1 aliphatic rings. The van der Waals surface area contributed by atoms with Crippen LogP contribution in [0, 0.1) is 0 Å². The fraction of sp³-hybridized carbons (Fsp3) is 0.241. The van der Waals surface area contributed by atoms with E-state index in [9.17, 15) is 4.79 Å². The first-order valence-electron chi connectivity index (χ1n) is 11.6. The van der Waals surface area contributed by atoms with Gasteiger partial charge in [0.2, 0.25) is 5.90 Å². The van der Waals surface area contributed by atoms with Gasteiger partial charge in [0.25, 0.3) is 0 Å². The number of hydrogen-bond acceptors (Lipinski definition) is 5. The van der Waals surface area contributed by atoms with Crippen LogP contribution in [-0.2, 0) is 21.6 Å². The number of nitrogens with zero attached hydrogens (tertiary/aromatic N) is 1. The van der Waals surface area contributed by atoms with Crippen LogP contribution >= 0.6 is 23.2 Å². The summed E-state index contributed by atoms with van der Waals surface area (Å²) in [6, 6.07) is 18.6. The predicted molar refractivity (Wildman–Crippen MR) is 144 cm³/mol. The average molecular weight is 524 g/mol. The van der Waals surface area contributed by atoms with E-state index in [2.05, 4.69) is 25.8 Å². The number of aliphatic imine (C=N–C) groups is 1. The number of carbonyl (C=O) groups is 1. The molecule has 0 fully saturated rings. The van der Waals surface area contributed by atoms with Gasteiger partial charge in [0.15, 0.2) is 17.2 Å². The van der Waals surface area contributed by atoms with Gasteiger partial charge in [-0.2, -0.15) is 0 Å². The number of carbonyl (C=O) groups excluding carboxylic acids is 1. The molecular formula is C29H27Cl2NO4. The van der Waals surface area contributed by atoms with Gasteiger partial charge < -0.3 is 14.2 Å². The van der Waals surface area contributed by atoms with Crippen LogP contribution in [0.25, 0.3) is 6.08 Å². The van der Waals surface area contributed by atoms with Crippen LogP contribution in [0.3, 0.4) is 0 Å². The lowest BCUT2D eigenvalue weighted by Crippen LogP contribution is -2.11. The Labute approximate surface area is 221 Å². The summed E-state index contributed by atoms with van der Waals surface area (Å²) in [4.78, 5) is 16.9. The fourth-order valence-corrected chi connectivity index (χ4v) is 4.13. The quantitative estimate of drug-likeness (QED) is 0.236. The smallest absolute Gasteiger partial charge is 0.363 e. The highest BCUT2D eigenvalue weighted by atomic mass is 35.5. The van der Waals surface area contributed by atoms with Gasteiger partial charge >= 0.3 is 5.97 Å². The lowest BCUT2D eigenvalue weighted by molar-refractivity contribution is -0.129. The molecule has 186 valence electrons. The van der Waals surface area contributed by atoms with E-state index >= 15 is 0 Å². The zero-order valence-electron chi connectivity index (χ0n) is 20.6. The monoisotopic (exact) mass is 523 g/mol. The molecule has 0 aromatic heterocycles. The zero-order valence-corrected chi connectivity index (χ0v) is 22.1. The molecule has 0 N–H and O–H groups in total. The van der Waals surface area contributed by atoms with Crippen molar-refractivity contribution in [3.8, 4) is 11.5 Å². The molecule has 0 radical (unpaired) electrons. The summed E-state index contributed by atoms with van der Waals surface area (Å²) in [7, 11) is 0. The topological polar surface area (TPSA) is 57.1 Å². The van der Waals surface area contributed by atoms with Crippen molar-refractivity contribution in [1.82, 2.24) is 0 Å². The largest absolute Gasteiger partial charge is 0.490 e. The molecule has 3 aromatic rings. The number of halogens is 2. The Kier molecular flexibility index (Phi) is 7.72. The van der Waals surface area contributed by atoms with Crippen molar-refractivity contribution < 1.29 is 19.0 Å². The molecule has 0 saturated carbocycles. The van der Waals surface area contributed by atoms with Crippen LogP contribution in [0.2, 0.25) is 10.0 Å². The molecule has 1 aliphatic heterocycles. The molecule has 5 nitrogen and oxygen atoms in total. The molecule has 3 aromatic carbocycles. The third-order valence-electron chi connectivity index (χ3n) is 5.62. The first-order chi connectivity index (χ1) is 17.2. The number of rotatable bonds is 7. The SMILES string of the molecule is CCOc1cc(/C=C2/N=C(c3ccc(C(C)(C)C)cc3)OC2=O)ccc1OCc1c(Cl)cccc1Cl. The van der Waals surface area contributed by atoms with Gasteiger partial charge in [-0.1, -0.05) is 68.2 Å². The molecule has 0 spiro atoms. The van der Waals surface area contributed by atoms with Gasteiger partial charge in [0.05, 0.1) is 6.61 Å². The summed E-state index contributed by atoms with van der Waals surface area (Å²) in [5.74, 6) is 0.848. The van der Waals surface area contributed by atoms with Crippen LogP contribution in [0.1, 0.15) is 49.9 Å². The predicted octanol–water partition coefficient (Wildman–Crippen LogP) is 7.61. The molecule has 7 heteroatoms. The number of hydrogen-bond donors (Lipinski definition) is 0. The molecule has 0 bridgehead atoms. The molecule has 0 unspecified atom stereocenters. The minimum Gasteiger partial charge on any atom is -0.490 e. The van der Waals surface area contributed by atoms with Crippen LogP contribution in [-0.4, -0.2) is 18.5 Å². The van der Waals surface area contributed by atoms with Gasteiger partial charge in [-0.25, -0.2) is 9.79 Å². The Morgan fingerprint density at radius 3 is 2.28 bits per heavy atom. The van der Waals surface area contributed by atoms with E-state index in [1.54, 1.807) is 36.4 Å². The van der Waals surface area contributed by atoms with Crippen molar-refractivity contribution in [3.63, 3.8) is 0 Å². The third kappa shape index (κ3) is 5.92. The molecule has 36 heavy (non-hydrogen) atoms. The maximum absolute atomic E-state index is 12.5. The molecule has 4 rings (SSSR count). The zero-order chi connectivity index (χ0) is 25.9. The average Bonchev–Trinajstić information content (AvgIpc) is 3.19. The standard InChI is InChI=1S/C29H27Cl2NO4/c1-5-34-26-16-18(9-14-25(26)35-17-21-22(30)7-6-8-23(21)31)15-24-28(33)36-27(32-24)19-10-12-20(13-11-19)29(2,3)4/h6-16H,5,17H2,1-4H3/b24-15+. The summed E-state index contributed by atoms with van der Waals surface area (Å²) in [5.41, 5.74) is 3.60. The van der Waals surface area contributed by atoms with Crippen LogP contribution < -0.4 is 9.47 Å². The molecule has 0 aliphatic carbocycles. The summed E-state index contributed by atoms with van der Waals surface area (Å²) in [5, 5.41) is 1.06. The Bertz CT molecular complexity index is 1320. The number of cyclic esters (lactones) is 1. The summed E-state index contributed by atoms with van der Waals surface area (Å²) >= 11 is 12.5. The summed E-state index contributed by atoms with van der Waals surface area (Å²) < 4.78 is 17.2. The third-order valence-corrected chi connectivity index (χ3v) is 6.33. The van der Waals surface area contributed by atoms with Crippen molar-refractivity contribution >= 4 is 41.1 Å². The molecule has 1 heterocycles. The van der Waals surface area contributed by atoms with Gasteiger partial charge in [0.1, 0.15) is 6.61 Å². The van der Waals surface area contributed by atoms with Crippen molar-refractivity contribution in [3.05, 3.63) is 98.7 Å². The molecule has 0 atom stereocenters. The highest BCUT2D eigenvalue weighted by Gasteiger charge is 2.25. The molecular weight excluding hydrogens is 497 g/mol. The van der Waals surface area contributed by atoms with Crippen molar-refractivity contribution in [2.24, 2.45) is 4.99 Å². The van der Waals surface area contributed by atoms with Crippen LogP contribution in [0.5, 0.6) is 11.5 Å². The van der Waals surface area contributed by atoms with E-state index in [0.29, 0.717) is 33.7 Å². The van der Waals surface area contributed by atoms with Gasteiger partial charge in [0, 0.05) is 21.2 Å². The first kappa shape index (κ1) is 25.8. The maximum Gasteiger partial charge on any atom is 0.363 e. The maximum atomic E-state index is 12.5. The van der Waals surface area contributed by atoms with Crippen molar-refractivity contribution in [2.45, 2.75) is 39.7 Å². The first-order valence-corrected chi connectivity index (χ1v) is 12.4. The second-order valence-corrected chi connectivity index (χ2v) is 10.1. The fourth-order valence-electron chi connectivity index (χ4n) is 3.63. The molecule has 0 amide bonds. The van der Waals surface area contributed by atoms with E-state index in [0.717, 1.165) is 11.1 Å². The van der Waals surface area contributed by atoms with E-state index < -0.39 is 5.97 Å². The lowest BCUT2D eigenvalue weighted by atomic mass is 9.87. The minimum absolute atomic E-state index is 0.0333. The molecule has 0 saturated heterocycles. The van der Waals surface area contributed by atoms with Gasteiger partial charge in [-0.3, -0.25) is 0 Å². The van der Waals surface area contributed by atoms with E-state index in [1.807, 2.05) is 37.3 Å². The van der Waals surface area contributed by atoms with Crippen molar-refractivity contribution in [1.29, 1.82) is 0 Å². The summed E-state index contributed by atoms with van der Waals surface area (Å²) in [6.45, 7) is 8.96. The van der Waals surface area contributed by atoms with Crippen molar-refractivity contribution in [2.75, 3.05) is 6.61 Å². The highest BCUT2D eigenvalue weighted by molar-refractivity contribution is 6.35. The van der Waals surface area contributed by atoms with Gasteiger partial charge in [-0.05, 0) is 65.9 Å². The Morgan fingerprint density at radius 2 is 1.64 bits per heavy atom. The van der Waals surface area contributed by atoms with E-state index in [1.165, 1.54) is 5.56 Å². The second-order valence-electron chi connectivity index (χ2n) is 9.29. The second kappa shape index (κ2) is 10.8. The minimum atomic E-state index is -0.503. The highest BCUT2D eigenvalue weighted by Crippen LogP contribution is 2.33. The lowest BCUT2D eigenvalue weighted by Gasteiger charge is -2.18. The summed E-state index contributed by atoms with van der Waals surface area (Å²) in [6.07, 6.45) is 1.66. The van der Waals surface area contributed by atoms with Gasteiger partial charge in [-0.15, -0.1) is 0 Å².